The van der Waals surface area contributed by atoms with Gasteiger partial charge in [-0.3, -0.25) is 4.79 Å². The van der Waals surface area contributed by atoms with E-state index in [9.17, 15) is 4.79 Å². The molecule has 4 heteroatoms. The van der Waals surface area contributed by atoms with Gasteiger partial charge in [0.2, 0.25) is 0 Å². The van der Waals surface area contributed by atoms with Crippen molar-refractivity contribution in [2.75, 3.05) is 12.3 Å². The lowest BCUT2D eigenvalue weighted by Gasteiger charge is -2.24. The van der Waals surface area contributed by atoms with E-state index in [0.717, 1.165) is 5.56 Å². The monoisotopic (exact) mass is 222 g/mol. The van der Waals surface area contributed by atoms with Crippen LogP contribution >= 0.6 is 0 Å². The summed E-state index contributed by atoms with van der Waals surface area (Å²) in [5.41, 5.74) is 12.5. The summed E-state index contributed by atoms with van der Waals surface area (Å²) in [4.78, 5) is 11.4. The smallest absolute Gasteiger partial charge is 0.307 e. The topological polar surface area (TPSA) is 78.3 Å². The molecular weight excluding hydrogens is 204 g/mol. The predicted octanol–water partition coefficient (Wildman–Crippen LogP) is 1.40. The van der Waals surface area contributed by atoms with Crippen LogP contribution in [0, 0.1) is 0 Å². The van der Waals surface area contributed by atoms with Gasteiger partial charge in [0, 0.05) is 11.2 Å². The Hall–Kier alpha value is -1.55. The van der Waals surface area contributed by atoms with Crippen molar-refractivity contribution >= 4 is 11.7 Å². The first kappa shape index (κ1) is 12.5. The molecule has 0 amide bonds. The summed E-state index contributed by atoms with van der Waals surface area (Å²) < 4.78 is 4.88. The molecule has 1 aromatic rings. The third kappa shape index (κ3) is 3.24. The second-order valence-corrected chi connectivity index (χ2v) is 4.02. The molecule has 16 heavy (non-hydrogen) atoms. The maximum atomic E-state index is 11.4. The number of rotatable bonds is 4. The fourth-order valence-electron chi connectivity index (χ4n) is 1.51. The molecule has 0 fully saturated rings. The van der Waals surface area contributed by atoms with Gasteiger partial charge >= 0.3 is 5.97 Å². The molecule has 0 aliphatic heterocycles. The second-order valence-electron chi connectivity index (χ2n) is 4.02. The highest BCUT2D eigenvalue weighted by Crippen LogP contribution is 2.23. The van der Waals surface area contributed by atoms with Gasteiger partial charge in [0.25, 0.3) is 0 Å². The van der Waals surface area contributed by atoms with E-state index in [1.165, 1.54) is 0 Å². The molecule has 1 unspecified atom stereocenters. The van der Waals surface area contributed by atoms with Gasteiger partial charge < -0.3 is 16.2 Å². The van der Waals surface area contributed by atoms with Crippen molar-refractivity contribution in [1.82, 2.24) is 0 Å². The van der Waals surface area contributed by atoms with Crippen molar-refractivity contribution in [2.45, 2.75) is 25.8 Å². The van der Waals surface area contributed by atoms with Crippen LogP contribution in [-0.2, 0) is 15.1 Å². The van der Waals surface area contributed by atoms with Gasteiger partial charge in [0.05, 0.1) is 13.0 Å². The summed E-state index contributed by atoms with van der Waals surface area (Å²) in [6, 6.07) is 7.24. The number of hydrogen-bond donors (Lipinski definition) is 2. The molecule has 88 valence electrons. The highest BCUT2D eigenvalue weighted by atomic mass is 16.5. The lowest BCUT2D eigenvalue weighted by Crippen LogP contribution is -2.36. The summed E-state index contributed by atoms with van der Waals surface area (Å²) in [6.45, 7) is 3.93. The fraction of sp³-hybridized carbons (Fsp3) is 0.417. The van der Waals surface area contributed by atoms with Crippen molar-refractivity contribution in [3.8, 4) is 0 Å². The van der Waals surface area contributed by atoms with Crippen molar-refractivity contribution in [1.29, 1.82) is 0 Å². The molecule has 0 saturated carbocycles. The fourth-order valence-corrected chi connectivity index (χ4v) is 1.51. The first-order valence-electron chi connectivity index (χ1n) is 5.26. The molecule has 4 nitrogen and oxygen atoms in total. The third-order valence-corrected chi connectivity index (χ3v) is 2.36. The SMILES string of the molecule is CCOC(=O)CC(C)(N)c1cccc(N)c1. The molecule has 0 aromatic heterocycles. The van der Waals surface area contributed by atoms with Crippen LogP contribution in [0.4, 0.5) is 5.69 Å². The number of nitrogen functional groups attached to an aromatic ring is 1. The van der Waals surface area contributed by atoms with Crippen molar-refractivity contribution in [3.05, 3.63) is 29.8 Å². The van der Waals surface area contributed by atoms with E-state index in [2.05, 4.69) is 0 Å². The minimum Gasteiger partial charge on any atom is -0.466 e. The van der Waals surface area contributed by atoms with Gasteiger partial charge in [-0.2, -0.15) is 0 Å². The van der Waals surface area contributed by atoms with Crippen molar-refractivity contribution in [3.63, 3.8) is 0 Å². The number of benzene rings is 1. The highest BCUT2D eigenvalue weighted by molar-refractivity contribution is 5.71. The molecule has 0 spiro atoms. The summed E-state index contributed by atoms with van der Waals surface area (Å²) in [7, 11) is 0. The average Bonchev–Trinajstić information content (AvgIpc) is 2.17. The largest absolute Gasteiger partial charge is 0.466 e. The maximum absolute atomic E-state index is 11.4. The van der Waals surface area contributed by atoms with Crippen LogP contribution in [0.5, 0.6) is 0 Å². The van der Waals surface area contributed by atoms with Crippen LogP contribution in [-0.4, -0.2) is 12.6 Å². The lowest BCUT2D eigenvalue weighted by molar-refractivity contribution is -0.144. The van der Waals surface area contributed by atoms with E-state index in [-0.39, 0.29) is 12.4 Å². The quantitative estimate of drug-likeness (QED) is 0.596. The summed E-state index contributed by atoms with van der Waals surface area (Å²) in [6.07, 6.45) is 0.143. The molecule has 4 N–H and O–H groups in total. The summed E-state index contributed by atoms with van der Waals surface area (Å²) in [5, 5.41) is 0. The molecule has 1 rings (SSSR count). The Bertz CT molecular complexity index is 375. The maximum Gasteiger partial charge on any atom is 0.307 e. The molecule has 0 aliphatic carbocycles. The van der Waals surface area contributed by atoms with E-state index >= 15 is 0 Å². The number of carbonyl (C=O) groups excluding carboxylic acids is 1. The number of ether oxygens (including phenoxy) is 1. The van der Waals surface area contributed by atoms with Crippen LogP contribution in [0.3, 0.4) is 0 Å². The van der Waals surface area contributed by atoms with Crippen LogP contribution in [0.2, 0.25) is 0 Å². The van der Waals surface area contributed by atoms with Gasteiger partial charge in [-0.1, -0.05) is 12.1 Å². The van der Waals surface area contributed by atoms with E-state index in [4.69, 9.17) is 16.2 Å². The van der Waals surface area contributed by atoms with E-state index in [1.54, 1.807) is 26.0 Å². The van der Waals surface area contributed by atoms with Gasteiger partial charge in [0.1, 0.15) is 0 Å². The standard InChI is InChI=1S/C12H18N2O2/c1-3-16-11(15)8-12(2,14)9-5-4-6-10(13)7-9/h4-7H,3,8,13-14H2,1-2H3. The minimum absolute atomic E-state index is 0.143. The molecule has 0 saturated heterocycles. The third-order valence-electron chi connectivity index (χ3n) is 2.36. The van der Waals surface area contributed by atoms with E-state index in [0.29, 0.717) is 12.3 Å². The molecule has 0 radical (unpaired) electrons. The minimum atomic E-state index is -0.748. The van der Waals surface area contributed by atoms with Crippen molar-refractivity contribution < 1.29 is 9.53 Å². The first-order valence-corrected chi connectivity index (χ1v) is 5.26. The predicted molar refractivity (Wildman–Crippen MR) is 63.6 cm³/mol. The zero-order valence-corrected chi connectivity index (χ0v) is 9.69. The van der Waals surface area contributed by atoms with Crippen LogP contribution in [0.25, 0.3) is 0 Å². The Morgan fingerprint density at radius 3 is 2.75 bits per heavy atom. The average molecular weight is 222 g/mol. The van der Waals surface area contributed by atoms with Gasteiger partial charge in [-0.25, -0.2) is 0 Å². The summed E-state index contributed by atoms with van der Waals surface area (Å²) >= 11 is 0. The number of hydrogen-bond acceptors (Lipinski definition) is 4. The number of nitrogens with two attached hydrogens (primary N) is 2. The Morgan fingerprint density at radius 1 is 1.50 bits per heavy atom. The summed E-state index contributed by atoms with van der Waals surface area (Å²) in [5.74, 6) is -0.296. The Balaban J connectivity index is 2.81. The Kier molecular flexibility index (Phi) is 3.90. The highest BCUT2D eigenvalue weighted by Gasteiger charge is 2.25. The van der Waals surface area contributed by atoms with E-state index in [1.807, 2.05) is 12.1 Å². The molecule has 0 bridgehead atoms. The van der Waals surface area contributed by atoms with E-state index < -0.39 is 5.54 Å². The zero-order valence-electron chi connectivity index (χ0n) is 9.69. The van der Waals surface area contributed by atoms with Crippen LogP contribution in [0.1, 0.15) is 25.8 Å². The van der Waals surface area contributed by atoms with Crippen molar-refractivity contribution in [2.24, 2.45) is 5.73 Å². The molecule has 1 atom stereocenters. The number of anilines is 1. The molecular formula is C12H18N2O2. The molecule has 0 aliphatic rings. The molecule has 0 heterocycles. The van der Waals surface area contributed by atoms with Gasteiger partial charge in [0.15, 0.2) is 0 Å². The normalized spacial score (nSPS) is 14.2. The molecule has 1 aromatic carbocycles. The Morgan fingerprint density at radius 2 is 2.19 bits per heavy atom. The van der Waals surface area contributed by atoms with Crippen LogP contribution in [0.15, 0.2) is 24.3 Å². The zero-order chi connectivity index (χ0) is 12.2. The van der Waals surface area contributed by atoms with Gasteiger partial charge in [-0.15, -0.1) is 0 Å². The Labute approximate surface area is 95.6 Å². The lowest BCUT2D eigenvalue weighted by atomic mass is 9.89. The van der Waals surface area contributed by atoms with Crippen LogP contribution < -0.4 is 11.5 Å². The van der Waals surface area contributed by atoms with Gasteiger partial charge in [-0.05, 0) is 31.5 Å². The second kappa shape index (κ2) is 4.99. The number of esters is 1. The first-order chi connectivity index (χ1) is 7.45. The number of carbonyl (C=O) groups is 1.